The summed E-state index contributed by atoms with van der Waals surface area (Å²) >= 11 is 0. The Kier molecular flexibility index (Phi) is 5.50. The molecule has 3 aromatic carbocycles. The van der Waals surface area contributed by atoms with Crippen molar-refractivity contribution in [3.8, 4) is 22.8 Å². The molecule has 0 radical (unpaired) electrons. The number of ether oxygens (including phenoxy) is 2. The van der Waals surface area contributed by atoms with Gasteiger partial charge in [-0.25, -0.2) is 5.10 Å². The average molecular weight is 471 g/mol. The van der Waals surface area contributed by atoms with Gasteiger partial charge in [-0.1, -0.05) is 30.3 Å². The number of aromatic amines is 1. The van der Waals surface area contributed by atoms with E-state index in [1.165, 1.54) is 0 Å². The second kappa shape index (κ2) is 8.96. The third kappa shape index (κ3) is 4.06. The number of aliphatic hydroxyl groups is 1. The summed E-state index contributed by atoms with van der Waals surface area (Å²) in [5.74, 6) is 1.49. The smallest absolute Gasteiger partial charge is 0.272 e. The van der Waals surface area contributed by atoms with Crippen molar-refractivity contribution in [1.29, 1.82) is 0 Å². The first kappa shape index (κ1) is 21.5. The van der Waals surface area contributed by atoms with Gasteiger partial charge >= 0.3 is 0 Å². The molecular formula is C27H26N4O4. The Balaban J connectivity index is 1.19. The van der Waals surface area contributed by atoms with Gasteiger partial charge in [-0.2, -0.15) is 5.10 Å². The molecule has 8 nitrogen and oxygen atoms in total. The Hall–Kier alpha value is -4.04. The van der Waals surface area contributed by atoms with E-state index >= 15 is 0 Å². The van der Waals surface area contributed by atoms with Crippen LogP contribution in [0.4, 0.5) is 11.4 Å². The van der Waals surface area contributed by atoms with Crippen LogP contribution in [-0.2, 0) is 0 Å². The topological polar surface area (TPSA) is 99.7 Å². The lowest BCUT2D eigenvalue weighted by molar-refractivity contribution is 0.174. The van der Waals surface area contributed by atoms with E-state index in [0.717, 1.165) is 58.9 Å². The Bertz CT molecular complexity index is 1420. The molecule has 1 saturated heterocycles. The minimum Gasteiger partial charge on any atom is -0.490 e. The van der Waals surface area contributed by atoms with Crippen LogP contribution in [0, 0.1) is 0 Å². The standard InChI is InChI=1S/C27H26N4O4/c32-26-21-5-2-1-4-20(21)25(29-30-26)17-6-9-19(10-7-17)31-13-12-22(27(31)33)28-18-8-11-23-24(16-18)35-15-3-14-34-23/h1-2,4-11,16,22,27-28,33H,3,12-15H2,(H,30,32). The molecule has 3 heterocycles. The van der Waals surface area contributed by atoms with Crippen molar-refractivity contribution in [3.05, 3.63) is 77.1 Å². The van der Waals surface area contributed by atoms with Gasteiger partial charge in [0.05, 0.1) is 30.3 Å². The lowest BCUT2D eigenvalue weighted by atomic mass is 10.0. The minimum absolute atomic E-state index is 0.121. The van der Waals surface area contributed by atoms with Crippen LogP contribution in [0.25, 0.3) is 22.0 Å². The fraction of sp³-hybridized carbons (Fsp3) is 0.259. The number of nitrogens with one attached hydrogen (secondary N) is 2. The SMILES string of the molecule is O=c1[nH]nc(-c2ccc(N3CCC(Nc4ccc5c(c4)OCCCO5)C3O)cc2)c2ccccc12. The molecule has 4 aromatic rings. The quantitative estimate of drug-likeness (QED) is 0.418. The Morgan fingerprint density at radius 3 is 2.57 bits per heavy atom. The van der Waals surface area contributed by atoms with Gasteiger partial charge in [0, 0.05) is 41.4 Å². The molecular weight excluding hydrogens is 444 g/mol. The summed E-state index contributed by atoms with van der Waals surface area (Å²) in [4.78, 5) is 14.1. The molecule has 1 fully saturated rings. The average Bonchev–Trinajstić information content (AvgIpc) is 3.09. The van der Waals surface area contributed by atoms with Gasteiger partial charge in [-0.05, 0) is 36.8 Å². The van der Waals surface area contributed by atoms with Gasteiger partial charge in [0.2, 0.25) is 0 Å². The predicted octanol–water partition coefficient (Wildman–Crippen LogP) is 3.76. The maximum Gasteiger partial charge on any atom is 0.272 e. The number of hydrogen-bond donors (Lipinski definition) is 3. The summed E-state index contributed by atoms with van der Waals surface area (Å²) < 4.78 is 11.5. The van der Waals surface area contributed by atoms with Crippen LogP contribution < -0.4 is 25.2 Å². The summed E-state index contributed by atoms with van der Waals surface area (Å²) in [6.45, 7) is 2.02. The van der Waals surface area contributed by atoms with E-state index in [-0.39, 0.29) is 11.6 Å². The van der Waals surface area contributed by atoms with Crippen molar-refractivity contribution in [2.75, 3.05) is 30.0 Å². The summed E-state index contributed by atoms with van der Waals surface area (Å²) in [6.07, 6.45) is 0.980. The highest BCUT2D eigenvalue weighted by atomic mass is 16.5. The highest BCUT2D eigenvalue weighted by Crippen LogP contribution is 2.34. The summed E-state index contributed by atoms with van der Waals surface area (Å²) in [5, 5.41) is 22.8. The van der Waals surface area contributed by atoms with E-state index in [0.29, 0.717) is 18.6 Å². The van der Waals surface area contributed by atoms with E-state index in [1.54, 1.807) is 6.07 Å². The highest BCUT2D eigenvalue weighted by molar-refractivity contribution is 5.93. The van der Waals surface area contributed by atoms with Crippen molar-refractivity contribution in [3.63, 3.8) is 0 Å². The van der Waals surface area contributed by atoms with Gasteiger partial charge in [0.1, 0.15) is 6.23 Å². The zero-order valence-corrected chi connectivity index (χ0v) is 19.1. The van der Waals surface area contributed by atoms with Crippen LogP contribution in [0.3, 0.4) is 0 Å². The van der Waals surface area contributed by atoms with Crippen LogP contribution in [-0.4, -0.2) is 47.3 Å². The molecule has 2 unspecified atom stereocenters. The Labute approximate surface area is 202 Å². The zero-order valence-electron chi connectivity index (χ0n) is 19.1. The zero-order chi connectivity index (χ0) is 23.8. The molecule has 3 N–H and O–H groups in total. The number of anilines is 2. The Morgan fingerprint density at radius 2 is 1.74 bits per heavy atom. The number of benzene rings is 3. The molecule has 0 bridgehead atoms. The molecule has 8 heteroatoms. The molecule has 0 amide bonds. The van der Waals surface area contributed by atoms with Crippen LogP contribution in [0.2, 0.25) is 0 Å². The highest BCUT2D eigenvalue weighted by Gasteiger charge is 2.33. The lowest BCUT2D eigenvalue weighted by Crippen LogP contribution is -2.38. The van der Waals surface area contributed by atoms with Crippen molar-refractivity contribution in [1.82, 2.24) is 10.2 Å². The first-order valence-electron chi connectivity index (χ1n) is 11.9. The largest absolute Gasteiger partial charge is 0.490 e. The number of fused-ring (bicyclic) bond motifs is 2. The molecule has 2 atom stereocenters. The minimum atomic E-state index is -0.677. The van der Waals surface area contributed by atoms with Gasteiger partial charge in [-0.3, -0.25) is 4.79 Å². The summed E-state index contributed by atoms with van der Waals surface area (Å²) in [6, 6.07) is 21.0. The lowest BCUT2D eigenvalue weighted by Gasteiger charge is -2.26. The normalized spacial score (nSPS) is 19.5. The number of aliphatic hydroxyl groups excluding tert-OH is 1. The van der Waals surface area contributed by atoms with Crippen molar-refractivity contribution in [2.45, 2.75) is 25.1 Å². The third-order valence-electron chi connectivity index (χ3n) is 6.63. The molecule has 1 aromatic heterocycles. The van der Waals surface area contributed by atoms with E-state index in [2.05, 4.69) is 15.5 Å². The molecule has 2 aliphatic rings. The molecule has 0 spiro atoms. The summed E-state index contributed by atoms with van der Waals surface area (Å²) in [5.41, 5.74) is 3.25. The monoisotopic (exact) mass is 470 g/mol. The van der Waals surface area contributed by atoms with Gasteiger partial charge in [0.25, 0.3) is 5.56 Å². The number of aromatic nitrogens is 2. The van der Waals surface area contributed by atoms with E-state index in [9.17, 15) is 9.90 Å². The van der Waals surface area contributed by atoms with E-state index < -0.39 is 6.23 Å². The van der Waals surface area contributed by atoms with Crippen molar-refractivity contribution < 1.29 is 14.6 Å². The Morgan fingerprint density at radius 1 is 0.971 bits per heavy atom. The summed E-state index contributed by atoms with van der Waals surface area (Å²) in [7, 11) is 0. The van der Waals surface area contributed by atoms with Crippen molar-refractivity contribution >= 4 is 22.1 Å². The number of rotatable bonds is 4. The van der Waals surface area contributed by atoms with Gasteiger partial charge in [-0.15, -0.1) is 0 Å². The first-order valence-corrected chi connectivity index (χ1v) is 11.9. The maximum atomic E-state index is 12.1. The van der Waals surface area contributed by atoms with Gasteiger partial charge in [0.15, 0.2) is 11.5 Å². The molecule has 35 heavy (non-hydrogen) atoms. The van der Waals surface area contributed by atoms with Crippen LogP contribution in [0.5, 0.6) is 11.5 Å². The van der Waals surface area contributed by atoms with Crippen LogP contribution >= 0.6 is 0 Å². The number of H-pyrrole nitrogens is 1. The molecule has 0 saturated carbocycles. The third-order valence-corrected chi connectivity index (χ3v) is 6.63. The molecule has 2 aliphatic heterocycles. The van der Waals surface area contributed by atoms with Crippen molar-refractivity contribution in [2.24, 2.45) is 0 Å². The second-order valence-electron chi connectivity index (χ2n) is 8.85. The maximum absolute atomic E-state index is 12.1. The number of hydrogen-bond acceptors (Lipinski definition) is 7. The van der Waals surface area contributed by atoms with Crippen LogP contribution in [0.1, 0.15) is 12.8 Å². The van der Waals surface area contributed by atoms with Crippen LogP contribution in [0.15, 0.2) is 71.5 Å². The predicted molar refractivity (Wildman–Crippen MR) is 135 cm³/mol. The molecule has 0 aliphatic carbocycles. The van der Waals surface area contributed by atoms with E-state index in [1.807, 2.05) is 65.6 Å². The second-order valence-corrected chi connectivity index (χ2v) is 8.85. The molecule has 178 valence electrons. The van der Waals surface area contributed by atoms with Gasteiger partial charge < -0.3 is 24.8 Å². The number of nitrogens with zero attached hydrogens (tertiary/aromatic N) is 2. The first-order chi connectivity index (χ1) is 17.2. The fourth-order valence-corrected chi connectivity index (χ4v) is 4.82. The van der Waals surface area contributed by atoms with E-state index in [4.69, 9.17) is 9.47 Å². The fourth-order valence-electron chi connectivity index (χ4n) is 4.82. The molecule has 6 rings (SSSR count).